The lowest BCUT2D eigenvalue weighted by Crippen LogP contribution is -2.21. The molecule has 1 heterocycles. The molecule has 0 saturated heterocycles. The minimum atomic E-state index is -2.55. The quantitative estimate of drug-likeness (QED) is 0.602. The van der Waals surface area contributed by atoms with E-state index in [1.807, 2.05) is 58.0 Å². The summed E-state index contributed by atoms with van der Waals surface area (Å²) in [5, 5.41) is 4.45. The predicted molar refractivity (Wildman–Crippen MR) is 108 cm³/mol. The third-order valence-electron chi connectivity index (χ3n) is 2.95. The van der Waals surface area contributed by atoms with Crippen LogP contribution in [0.4, 0.5) is 0 Å². The lowest BCUT2D eigenvalue weighted by Gasteiger charge is -2.25. The summed E-state index contributed by atoms with van der Waals surface area (Å²) in [5.41, 5.74) is -1.04. The van der Waals surface area contributed by atoms with Crippen LogP contribution in [0.15, 0.2) is 47.3 Å². The first-order chi connectivity index (χ1) is 11.8. The second-order valence-corrected chi connectivity index (χ2v) is 12.1. The monoisotopic (exact) mass is 398 g/mol. The highest BCUT2D eigenvalue weighted by atomic mass is 32.9. The highest BCUT2D eigenvalue weighted by Gasteiger charge is 2.24. The van der Waals surface area contributed by atoms with Crippen LogP contribution < -0.4 is 5.56 Å². The van der Waals surface area contributed by atoms with Crippen molar-refractivity contribution in [2.24, 2.45) is 0 Å². The minimum absolute atomic E-state index is 0.0441. The zero-order chi connectivity index (χ0) is 18.4. The normalized spacial score (nSPS) is 12.1. The average molecular weight is 398 g/mol. The van der Waals surface area contributed by atoms with Crippen LogP contribution in [-0.4, -0.2) is 22.0 Å². The SMILES string of the molecule is CC(C)OP(=S)(OC(C)C)SCn1nc(-c2ccccc2)ccc1=O. The molecule has 0 bridgehead atoms. The Bertz CT molecular complexity index is 780. The molecule has 2 aromatic rings. The van der Waals surface area contributed by atoms with Gasteiger partial charge in [0.05, 0.1) is 23.8 Å². The molecule has 2 rings (SSSR count). The van der Waals surface area contributed by atoms with Crippen LogP contribution in [0.3, 0.4) is 0 Å². The fourth-order valence-corrected chi connectivity index (χ4v) is 7.28. The first-order valence-corrected chi connectivity index (χ1v) is 12.3. The van der Waals surface area contributed by atoms with E-state index >= 15 is 0 Å². The summed E-state index contributed by atoms with van der Waals surface area (Å²) >= 11 is 6.94. The first kappa shape index (κ1) is 20.3. The highest BCUT2D eigenvalue weighted by molar-refractivity contribution is 8.67. The van der Waals surface area contributed by atoms with Crippen molar-refractivity contribution in [2.75, 3.05) is 0 Å². The molecule has 25 heavy (non-hydrogen) atoms. The van der Waals surface area contributed by atoms with Crippen molar-refractivity contribution >= 4 is 28.9 Å². The molecule has 0 aliphatic rings. The fraction of sp³-hybridized carbons (Fsp3) is 0.412. The second kappa shape index (κ2) is 9.10. The molecule has 0 saturated carbocycles. The molecule has 5 nitrogen and oxygen atoms in total. The van der Waals surface area contributed by atoms with E-state index in [0.29, 0.717) is 0 Å². The lowest BCUT2D eigenvalue weighted by atomic mass is 10.1. The summed E-state index contributed by atoms with van der Waals surface area (Å²) in [5.74, 6) is 0.288. The maximum atomic E-state index is 12.1. The molecular formula is C17H23N2O3PS2. The van der Waals surface area contributed by atoms with E-state index in [4.69, 9.17) is 20.9 Å². The van der Waals surface area contributed by atoms with E-state index in [9.17, 15) is 4.79 Å². The number of aromatic nitrogens is 2. The minimum Gasteiger partial charge on any atom is -0.319 e. The molecule has 0 aliphatic heterocycles. The molecule has 0 amide bonds. The number of rotatable bonds is 8. The Morgan fingerprint density at radius 1 is 1.08 bits per heavy atom. The van der Waals surface area contributed by atoms with E-state index in [-0.39, 0.29) is 23.6 Å². The second-order valence-electron chi connectivity index (χ2n) is 5.94. The van der Waals surface area contributed by atoms with Crippen molar-refractivity contribution in [1.82, 2.24) is 9.78 Å². The smallest absolute Gasteiger partial charge is 0.267 e. The van der Waals surface area contributed by atoms with Gasteiger partial charge in [-0.2, -0.15) is 5.10 Å². The van der Waals surface area contributed by atoms with Crippen LogP contribution >= 0.6 is 17.1 Å². The molecule has 0 atom stereocenters. The maximum Gasteiger partial charge on any atom is 0.267 e. The molecule has 0 radical (unpaired) electrons. The summed E-state index contributed by atoms with van der Waals surface area (Å²) in [6.45, 7) is 7.69. The van der Waals surface area contributed by atoms with Gasteiger partial charge in [0.25, 0.3) is 5.56 Å². The topological polar surface area (TPSA) is 53.4 Å². The Kier molecular flexibility index (Phi) is 7.40. The number of benzene rings is 1. The van der Waals surface area contributed by atoms with Crippen LogP contribution in [0, 0.1) is 0 Å². The van der Waals surface area contributed by atoms with Crippen molar-refractivity contribution in [3.8, 4) is 11.3 Å². The van der Waals surface area contributed by atoms with Crippen LogP contribution in [0.25, 0.3) is 11.3 Å². The number of hydrogen-bond donors (Lipinski definition) is 0. The van der Waals surface area contributed by atoms with Gasteiger partial charge in [-0.15, -0.1) is 0 Å². The summed E-state index contributed by atoms with van der Waals surface area (Å²) in [7, 11) is 0. The molecule has 1 aromatic carbocycles. The van der Waals surface area contributed by atoms with Gasteiger partial charge in [0, 0.05) is 11.6 Å². The molecule has 1 aromatic heterocycles. The van der Waals surface area contributed by atoms with Gasteiger partial charge in [0.15, 0.2) is 0 Å². The molecule has 0 N–H and O–H groups in total. The van der Waals surface area contributed by atoms with Gasteiger partial charge in [-0.25, -0.2) is 4.68 Å². The van der Waals surface area contributed by atoms with Gasteiger partial charge >= 0.3 is 0 Å². The molecule has 8 heteroatoms. The lowest BCUT2D eigenvalue weighted by molar-refractivity contribution is 0.186. The summed E-state index contributed by atoms with van der Waals surface area (Å²) in [6.07, 6.45) is -0.0881. The van der Waals surface area contributed by atoms with Crippen LogP contribution in [0.5, 0.6) is 0 Å². The van der Waals surface area contributed by atoms with Crippen molar-refractivity contribution in [3.05, 3.63) is 52.8 Å². The first-order valence-electron chi connectivity index (χ1n) is 8.04. The van der Waals surface area contributed by atoms with E-state index in [0.717, 1.165) is 11.3 Å². The summed E-state index contributed by atoms with van der Waals surface area (Å²) in [6, 6.07) is 13.0. The third kappa shape index (κ3) is 6.35. The highest BCUT2D eigenvalue weighted by Crippen LogP contribution is 2.62. The molecule has 0 unspecified atom stereocenters. The van der Waals surface area contributed by atoms with Crippen molar-refractivity contribution < 1.29 is 9.05 Å². The molecule has 0 aliphatic carbocycles. The van der Waals surface area contributed by atoms with Crippen LogP contribution in [0.1, 0.15) is 27.7 Å². The van der Waals surface area contributed by atoms with E-state index in [1.165, 1.54) is 22.1 Å². The molecule has 0 fully saturated rings. The molecular weight excluding hydrogens is 375 g/mol. The fourth-order valence-electron chi connectivity index (χ4n) is 2.03. The number of hydrogen-bond acceptors (Lipinski definition) is 6. The van der Waals surface area contributed by atoms with Gasteiger partial charge < -0.3 is 9.05 Å². The predicted octanol–water partition coefficient (Wildman–Crippen LogP) is 4.68. The largest absolute Gasteiger partial charge is 0.319 e. The van der Waals surface area contributed by atoms with Crippen LogP contribution in [-0.2, 0) is 26.7 Å². The van der Waals surface area contributed by atoms with Gasteiger partial charge in [-0.3, -0.25) is 4.79 Å². The van der Waals surface area contributed by atoms with Gasteiger partial charge in [0.2, 0.25) is 5.69 Å². The Morgan fingerprint density at radius 2 is 1.68 bits per heavy atom. The number of nitrogens with zero attached hydrogens (tertiary/aromatic N) is 2. The Labute approximate surface area is 157 Å². The summed E-state index contributed by atoms with van der Waals surface area (Å²) in [4.78, 5) is 12.1. The van der Waals surface area contributed by atoms with Crippen molar-refractivity contribution in [2.45, 2.75) is 45.8 Å². The Balaban J connectivity index is 2.21. The Hall–Kier alpha value is -0.980. The average Bonchev–Trinajstić information content (AvgIpc) is 2.53. The van der Waals surface area contributed by atoms with Crippen molar-refractivity contribution in [3.63, 3.8) is 0 Å². The van der Waals surface area contributed by atoms with E-state index < -0.39 is 5.69 Å². The van der Waals surface area contributed by atoms with Crippen molar-refractivity contribution in [1.29, 1.82) is 0 Å². The maximum absolute atomic E-state index is 12.1. The zero-order valence-corrected chi connectivity index (χ0v) is 17.3. The molecule has 0 spiro atoms. The van der Waals surface area contributed by atoms with Gasteiger partial charge in [-0.05, 0) is 56.9 Å². The standard InChI is InChI=1S/C17H23N2O3PS2/c1-13(2)21-23(24,22-14(3)4)25-12-19-17(20)11-10-16(18-19)15-8-6-5-7-9-15/h5-11,13-14H,12H2,1-4H3. The zero-order valence-electron chi connectivity index (χ0n) is 14.8. The van der Waals surface area contributed by atoms with Gasteiger partial charge in [0.1, 0.15) is 0 Å². The van der Waals surface area contributed by atoms with E-state index in [1.54, 1.807) is 6.07 Å². The summed E-state index contributed by atoms with van der Waals surface area (Å²) < 4.78 is 13.1. The van der Waals surface area contributed by atoms with E-state index in [2.05, 4.69) is 5.10 Å². The third-order valence-corrected chi connectivity index (χ3v) is 8.27. The molecule has 136 valence electrons. The Morgan fingerprint density at radius 3 is 2.24 bits per heavy atom. The van der Waals surface area contributed by atoms with Crippen LogP contribution in [0.2, 0.25) is 0 Å². The van der Waals surface area contributed by atoms with Gasteiger partial charge in [-0.1, -0.05) is 30.3 Å².